The van der Waals surface area contributed by atoms with Crippen molar-refractivity contribution >= 4 is 16.5 Å². The molecule has 4 rings (SSSR count). The lowest BCUT2D eigenvalue weighted by atomic mass is 10.1. The number of piperazine rings is 1. The average Bonchev–Trinajstić information content (AvgIpc) is 3.16. The van der Waals surface area contributed by atoms with Crippen LogP contribution in [0.4, 0.5) is 5.69 Å². The molecular formula is C21H26N4O2. The zero-order valence-electron chi connectivity index (χ0n) is 16.2. The molecule has 0 radical (unpaired) electrons. The predicted molar refractivity (Wildman–Crippen MR) is 106 cm³/mol. The van der Waals surface area contributed by atoms with Crippen LogP contribution in [-0.4, -0.2) is 48.3 Å². The van der Waals surface area contributed by atoms with Crippen LogP contribution in [0.2, 0.25) is 0 Å². The van der Waals surface area contributed by atoms with E-state index in [4.69, 9.17) is 9.26 Å². The third kappa shape index (κ3) is 3.90. The fourth-order valence-electron chi connectivity index (χ4n) is 3.36. The van der Waals surface area contributed by atoms with Crippen LogP contribution in [0.25, 0.3) is 10.8 Å². The summed E-state index contributed by atoms with van der Waals surface area (Å²) in [7, 11) is 2.18. The summed E-state index contributed by atoms with van der Waals surface area (Å²) in [5.74, 6) is 2.26. The number of nitrogens with zero attached hydrogens (tertiary/aromatic N) is 4. The molecule has 1 fully saturated rings. The first kappa shape index (κ1) is 17.8. The highest BCUT2D eigenvalue weighted by Crippen LogP contribution is 2.31. The van der Waals surface area contributed by atoms with Crippen molar-refractivity contribution in [3.8, 4) is 5.75 Å². The smallest absolute Gasteiger partial charge is 0.229 e. The predicted octanol–water partition coefficient (Wildman–Crippen LogP) is 3.68. The second-order valence-corrected chi connectivity index (χ2v) is 7.44. The summed E-state index contributed by atoms with van der Waals surface area (Å²) in [4.78, 5) is 9.20. The molecule has 0 aliphatic carbocycles. The van der Waals surface area contributed by atoms with Crippen LogP contribution in [0.5, 0.6) is 5.75 Å². The molecule has 1 aliphatic rings. The van der Waals surface area contributed by atoms with Gasteiger partial charge in [0.25, 0.3) is 0 Å². The Hall–Kier alpha value is -2.60. The summed E-state index contributed by atoms with van der Waals surface area (Å²) < 4.78 is 11.2. The molecule has 0 spiro atoms. The van der Waals surface area contributed by atoms with E-state index in [1.165, 1.54) is 16.5 Å². The van der Waals surface area contributed by atoms with Crippen molar-refractivity contribution in [3.63, 3.8) is 0 Å². The van der Waals surface area contributed by atoms with Crippen LogP contribution in [0.1, 0.15) is 31.5 Å². The average molecular weight is 366 g/mol. The van der Waals surface area contributed by atoms with Gasteiger partial charge in [0.2, 0.25) is 11.7 Å². The van der Waals surface area contributed by atoms with E-state index in [2.05, 4.69) is 57.3 Å². The quantitative estimate of drug-likeness (QED) is 0.687. The number of ether oxygens (including phenoxy) is 1. The molecule has 2 aromatic carbocycles. The van der Waals surface area contributed by atoms with Gasteiger partial charge in [-0.15, -0.1) is 0 Å². The SMILES string of the molecule is CC(C)c1nc(COc2ccc3cccc(N4CCN(C)CC4)c3c2)no1. The van der Waals surface area contributed by atoms with E-state index >= 15 is 0 Å². The van der Waals surface area contributed by atoms with E-state index in [1.807, 2.05) is 19.9 Å². The fourth-order valence-corrected chi connectivity index (χ4v) is 3.36. The molecule has 6 heteroatoms. The van der Waals surface area contributed by atoms with Gasteiger partial charge in [-0.05, 0) is 30.6 Å². The van der Waals surface area contributed by atoms with E-state index in [9.17, 15) is 0 Å². The Morgan fingerprint density at radius 3 is 2.67 bits per heavy atom. The molecule has 2 heterocycles. The Morgan fingerprint density at radius 1 is 1.11 bits per heavy atom. The van der Waals surface area contributed by atoms with E-state index in [1.54, 1.807) is 0 Å². The Kier molecular flexibility index (Phi) is 4.99. The molecule has 0 bridgehead atoms. The Bertz CT molecular complexity index is 913. The van der Waals surface area contributed by atoms with Crippen LogP contribution >= 0.6 is 0 Å². The van der Waals surface area contributed by atoms with Gasteiger partial charge in [0.15, 0.2) is 6.61 Å². The first-order chi connectivity index (χ1) is 13.1. The first-order valence-corrected chi connectivity index (χ1v) is 9.52. The number of anilines is 1. The van der Waals surface area contributed by atoms with Crippen molar-refractivity contribution < 1.29 is 9.26 Å². The number of benzene rings is 2. The molecule has 0 saturated carbocycles. The molecule has 142 valence electrons. The minimum Gasteiger partial charge on any atom is -0.485 e. The van der Waals surface area contributed by atoms with Crippen molar-refractivity contribution in [2.24, 2.45) is 0 Å². The van der Waals surface area contributed by atoms with Crippen molar-refractivity contribution in [3.05, 3.63) is 48.1 Å². The molecule has 6 nitrogen and oxygen atoms in total. The van der Waals surface area contributed by atoms with Gasteiger partial charge in [-0.3, -0.25) is 0 Å². The zero-order valence-corrected chi connectivity index (χ0v) is 16.2. The van der Waals surface area contributed by atoms with Crippen LogP contribution in [0.3, 0.4) is 0 Å². The number of aromatic nitrogens is 2. The Morgan fingerprint density at radius 2 is 1.93 bits per heavy atom. The number of hydrogen-bond donors (Lipinski definition) is 0. The number of fused-ring (bicyclic) bond motifs is 1. The monoisotopic (exact) mass is 366 g/mol. The number of rotatable bonds is 5. The van der Waals surface area contributed by atoms with Gasteiger partial charge < -0.3 is 19.1 Å². The van der Waals surface area contributed by atoms with Crippen LogP contribution in [0, 0.1) is 0 Å². The van der Waals surface area contributed by atoms with Crippen LogP contribution < -0.4 is 9.64 Å². The molecule has 1 aromatic heterocycles. The summed E-state index contributed by atoms with van der Waals surface area (Å²) in [6.45, 7) is 8.62. The van der Waals surface area contributed by atoms with Crippen molar-refractivity contribution in [1.29, 1.82) is 0 Å². The maximum absolute atomic E-state index is 5.94. The Labute approximate surface area is 159 Å². The van der Waals surface area contributed by atoms with E-state index < -0.39 is 0 Å². The number of likely N-dealkylation sites (N-methyl/N-ethyl adjacent to an activating group) is 1. The lowest BCUT2D eigenvalue weighted by molar-refractivity contribution is 0.284. The van der Waals surface area contributed by atoms with Gasteiger partial charge in [-0.25, -0.2) is 0 Å². The van der Waals surface area contributed by atoms with Crippen LogP contribution in [-0.2, 0) is 6.61 Å². The van der Waals surface area contributed by atoms with Gasteiger partial charge in [0.1, 0.15) is 5.75 Å². The maximum Gasteiger partial charge on any atom is 0.229 e. The largest absolute Gasteiger partial charge is 0.485 e. The molecule has 0 amide bonds. The molecule has 1 aliphatic heterocycles. The molecule has 27 heavy (non-hydrogen) atoms. The second kappa shape index (κ2) is 7.56. The molecule has 0 N–H and O–H groups in total. The van der Waals surface area contributed by atoms with Gasteiger partial charge in [-0.2, -0.15) is 4.98 Å². The van der Waals surface area contributed by atoms with E-state index in [0.29, 0.717) is 18.3 Å². The summed E-state index contributed by atoms with van der Waals surface area (Å²) in [5, 5.41) is 6.43. The molecular weight excluding hydrogens is 340 g/mol. The minimum atomic E-state index is 0.220. The zero-order chi connectivity index (χ0) is 18.8. The molecule has 3 aromatic rings. The summed E-state index contributed by atoms with van der Waals surface area (Å²) in [5.41, 5.74) is 1.27. The molecule has 0 unspecified atom stereocenters. The van der Waals surface area contributed by atoms with Gasteiger partial charge in [0.05, 0.1) is 0 Å². The first-order valence-electron chi connectivity index (χ1n) is 9.52. The highest BCUT2D eigenvalue weighted by Gasteiger charge is 2.16. The lowest BCUT2D eigenvalue weighted by Gasteiger charge is -2.34. The fraction of sp³-hybridized carbons (Fsp3) is 0.429. The standard InChI is InChI=1S/C21H26N4O2/c1-15(2)21-22-20(23-27-21)14-26-17-8-7-16-5-4-6-19(18(16)13-17)25-11-9-24(3)10-12-25/h4-8,13,15H,9-12,14H2,1-3H3. The van der Waals surface area contributed by atoms with E-state index in [-0.39, 0.29) is 5.92 Å². The Balaban J connectivity index is 1.54. The van der Waals surface area contributed by atoms with Gasteiger partial charge in [0, 0.05) is 43.2 Å². The highest BCUT2D eigenvalue weighted by molar-refractivity contribution is 5.95. The molecule has 0 atom stereocenters. The highest BCUT2D eigenvalue weighted by atomic mass is 16.5. The third-order valence-electron chi connectivity index (χ3n) is 5.02. The topological polar surface area (TPSA) is 54.6 Å². The van der Waals surface area contributed by atoms with Crippen molar-refractivity contribution in [2.75, 3.05) is 38.1 Å². The molecule has 1 saturated heterocycles. The van der Waals surface area contributed by atoms with Crippen LogP contribution in [0.15, 0.2) is 40.9 Å². The summed E-state index contributed by atoms with van der Waals surface area (Å²) in [6.07, 6.45) is 0. The summed E-state index contributed by atoms with van der Waals surface area (Å²) >= 11 is 0. The third-order valence-corrected chi connectivity index (χ3v) is 5.02. The normalized spacial score (nSPS) is 15.6. The van der Waals surface area contributed by atoms with Crippen molar-refractivity contribution in [2.45, 2.75) is 26.4 Å². The second-order valence-electron chi connectivity index (χ2n) is 7.44. The minimum absolute atomic E-state index is 0.220. The van der Waals surface area contributed by atoms with E-state index in [0.717, 1.165) is 31.9 Å². The number of hydrogen-bond acceptors (Lipinski definition) is 6. The maximum atomic E-state index is 5.94. The van der Waals surface area contributed by atoms with Gasteiger partial charge >= 0.3 is 0 Å². The summed E-state index contributed by atoms with van der Waals surface area (Å²) in [6, 6.07) is 12.7. The lowest BCUT2D eigenvalue weighted by Crippen LogP contribution is -2.44. The van der Waals surface area contributed by atoms with Crippen molar-refractivity contribution in [1.82, 2.24) is 15.0 Å². The van der Waals surface area contributed by atoms with Gasteiger partial charge in [-0.1, -0.05) is 37.2 Å².